The second kappa shape index (κ2) is 7.06. The van der Waals surface area contributed by atoms with Crippen LogP contribution >= 0.6 is 0 Å². The first-order valence-corrected chi connectivity index (χ1v) is 7.98. The van der Waals surface area contributed by atoms with E-state index in [-0.39, 0.29) is 5.60 Å². The summed E-state index contributed by atoms with van der Waals surface area (Å²) >= 11 is 0. The molecule has 0 aliphatic carbocycles. The molecule has 5 atom stereocenters. The van der Waals surface area contributed by atoms with E-state index < -0.39 is 0 Å². The van der Waals surface area contributed by atoms with Gasteiger partial charge < -0.3 is 14.2 Å². The van der Waals surface area contributed by atoms with Crippen LogP contribution in [0.25, 0.3) is 0 Å². The predicted molar refractivity (Wildman–Crippen MR) is 80.8 cm³/mol. The summed E-state index contributed by atoms with van der Waals surface area (Å²) in [5.41, 5.74) is 0.0437. The van der Waals surface area contributed by atoms with Crippen molar-refractivity contribution in [1.29, 1.82) is 0 Å². The molecule has 2 aliphatic rings. The molecule has 0 saturated carbocycles. The molecule has 0 aromatic heterocycles. The van der Waals surface area contributed by atoms with E-state index in [1.54, 1.807) is 7.11 Å². The first-order valence-electron chi connectivity index (χ1n) is 7.98. The highest BCUT2D eigenvalue weighted by Gasteiger charge is 2.55. The van der Waals surface area contributed by atoms with E-state index in [1.807, 2.05) is 0 Å². The van der Waals surface area contributed by atoms with Crippen molar-refractivity contribution in [2.45, 2.75) is 51.2 Å². The lowest BCUT2D eigenvalue weighted by atomic mass is 9.74. The van der Waals surface area contributed by atoms with E-state index in [0.717, 1.165) is 32.7 Å². The van der Waals surface area contributed by atoms with Crippen molar-refractivity contribution < 1.29 is 14.2 Å². The Balaban J connectivity index is 1.91. The van der Waals surface area contributed by atoms with Crippen LogP contribution in [0.15, 0.2) is 12.7 Å². The van der Waals surface area contributed by atoms with Crippen molar-refractivity contribution in [3.8, 4) is 0 Å². The van der Waals surface area contributed by atoms with Gasteiger partial charge in [-0.2, -0.15) is 0 Å². The number of allylic oxidation sites excluding steroid dienone is 1. The summed E-state index contributed by atoms with van der Waals surface area (Å²) in [7, 11) is 1.80. The van der Waals surface area contributed by atoms with Crippen molar-refractivity contribution in [3.05, 3.63) is 12.7 Å². The first-order chi connectivity index (χ1) is 9.63. The number of rotatable bonds is 8. The third kappa shape index (κ3) is 3.63. The molecule has 0 N–H and O–H groups in total. The molecule has 0 radical (unpaired) electrons. The molecule has 2 fully saturated rings. The minimum Gasteiger partial charge on any atom is -0.381 e. The minimum absolute atomic E-state index is 0.0437. The van der Waals surface area contributed by atoms with Gasteiger partial charge in [-0.1, -0.05) is 13.0 Å². The van der Waals surface area contributed by atoms with Crippen LogP contribution in [0.1, 0.15) is 39.5 Å². The third-order valence-corrected chi connectivity index (χ3v) is 5.31. The Bertz CT molecular complexity index is 311. The van der Waals surface area contributed by atoms with Crippen LogP contribution in [-0.4, -0.2) is 38.6 Å². The lowest BCUT2D eigenvalue weighted by molar-refractivity contribution is -0.0274. The van der Waals surface area contributed by atoms with Gasteiger partial charge in [-0.15, -0.1) is 6.58 Å². The van der Waals surface area contributed by atoms with Crippen molar-refractivity contribution in [2.24, 2.45) is 17.8 Å². The Morgan fingerprint density at radius 3 is 2.70 bits per heavy atom. The van der Waals surface area contributed by atoms with Crippen molar-refractivity contribution in [2.75, 3.05) is 26.9 Å². The normalized spacial score (nSPS) is 33.6. The van der Waals surface area contributed by atoms with Crippen LogP contribution in [0.2, 0.25) is 0 Å². The van der Waals surface area contributed by atoms with Gasteiger partial charge in [0.1, 0.15) is 5.60 Å². The summed E-state index contributed by atoms with van der Waals surface area (Å²) in [6.07, 6.45) is 7.06. The highest BCUT2D eigenvalue weighted by Crippen LogP contribution is 2.46. The minimum atomic E-state index is 0.0437. The zero-order valence-corrected chi connectivity index (χ0v) is 13.3. The number of hydrogen-bond acceptors (Lipinski definition) is 3. The molecule has 0 aromatic carbocycles. The van der Waals surface area contributed by atoms with Gasteiger partial charge in [-0.3, -0.25) is 0 Å². The number of hydrogen-bond donors (Lipinski definition) is 0. The van der Waals surface area contributed by atoms with Gasteiger partial charge in [0.15, 0.2) is 0 Å². The molecule has 20 heavy (non-hydrogen) atoms. The lowest BCUT2D eigenvalue weighted by Crippen LogP contribution is -2.40. The molecule has 2 saturated heterocycles. The summed E-state index contributed by atoms with van der Waals surface area (Å²) in [6, 6.07) is 0. The van der Waals surface area contributed by atoms with Gasteiger partial charge in [-0.25, -0.2) is 0 Å². The van der Waals surface area contributed by atoms with Crippen LogP contribution in [0.4, 0.5) is 0 Å². The summed E-state index contributed by atoms with van der Waals surface area (Å²) in [6.45, 7) is 10.9. The molecule has 2 aliphatic heterocycles. The smallest absolute Gasteiger partial charge is 0.118 e. The fraction of sp³-hybridized carbons (Fsp3) is 0.882. The van der Waals surface area contributed by atoms with Gasteiger partial charge in [0.05, 0.1) is 19.3 Å². The van der Waals surface area contributed by atoms with E-state index in [9.17, 15) is 0 Å². The predicted octanol–water partition coefficient (Wildman–Crippen LogP) is 3.44. The lowest BCUT2D eigenvalue weighted by Gasteiger charge is -2.35. The molecule has 1 unspecified atom stereocenters. The SMILES string of the molecule is C=CC[C@H](CC[C@H](C)[C@H](C)OC)C1CCOC[C@@]12CO2. The van der Waals surface area contributed by atoms with E-state index in [0.29, 0.717) is 23.9 Å². The highest BCUT2D eigenvalue weighted by molar-refractivity contribution is 5.03. The second-order valence-electron chi connectivity index (χ2n) is 6.58. The average molecular weight is 282 g/mol. The standard InChI is InChI=1S/C17H30O3/c1-5-6-15(8-7-13(2)14(3)18-4)16-9-10-19-11-17(16)12-20-17/h5,13-16H,1,6-12H2,2-4H3/t13-,14-,15+,16?,17+/m0/s1. The van der Waals surface area contributed by atoms with Gasteiger partial charge in [0.25, 0.3) is 0 Å². The molecular formula is C17H30O3. The van der Waals surface area contributed by atoms with Crippen LogP contribution < -0.4 is 0 Å². The van der Waals surface area contributed by atoms with Crippen LogP contribution in [0.3, 0.4) is 0 Å². The summed E-state index contributed by atoms with van der Waals surface area (Å²) < 4.78 is 16.8. The monoisotopic (exact) mass is 282 g/mol. The van der Waals surface area contributed by atoms with Crippen LogP contribution in [0, 0.1) is 17.8 Å². The molecule has 0 amide bonds. The Hall–Kier alpha value is -0.380. The molecule has 1 spiro atoms. The Morgan fingerprint density at radius 2 is 2.10 bits per heavy atom. The molecule has 2 heterocycles. The molecular weight excluding hydrogens is 252 g/mol. The van der Waals surface area contributed by atoms with Crippen LogP contribution in [-0.2, 0) is 14.2 Å². The maximum Gasteiger partial charge on any atom is 0.118 e. The van der Waals surface area contributed by atoms with Crippen molar-refractivity contribution >= 4 is 0 Å². The molecule has 3 heteroatoms. The number of methoxy groups -OCH3 is 1. The summed E-state index contributed by atoms with van der Waals surface area (Å²) in [5.74, 6) is 1.91. The zero-order chi connectivity index (χ0) is 14.6. The van der Waals surface area contributed by atoms with E-state index in [2.05, 4.69) is 26.5 Å². The molecule has 116 valence electrons. The zero-order valence-electron chi connectivity index (χ0n) is 13.3. The van der Waals surface area contributed by atoms with E-state index in [4.69, 9.17) is 14.2 Å². The molecule has 2 rings (SSSR count). The van der Waals surface area contributed by atoms with E-state index in [1.165, 1.54) is 12.8 Å². The Morgan fingerprint density at radius 1 is 1.35 bits per heavy atom. The van der Waals surface area contributed by atoms with Crippen molar-refractivity contribution in [1.82, 2.24) is 0 Å². The first kappa shape index (κ1) is 16.0. The number of epoxide rings is 1. The Kier molecular flexibility index (Phi) is 5.65. The molecule has 0 bridgehead atoms. The van der Waals surface area contributed by atoms with Gasteiger partial charge >= 0.3 is 0 Å². The summed E-state index contributed by atoms with van der Waals surface area (Å²) in [5, 5.41) is 0. The third-order valence-electron chi connectivity index (χ3n) is 5.31. The topological polar surface area (TPSA) is 31.0 Å². The quantitative estimate of drug-likeness (QED) is 0.505. The largest absolute Gasteiger partial charge is 0.381 e. The van der Waals surface area contributed by atoms with E-state index >= 15 is 0 Å². The maximum absolute atomic E-state index is 5.77. The van der Waals surface area contributed by atoms with Crippen LogP contribution in [0.5, 0.6) is 0 Å². The highest BCUT2D eigenvalue weighted by atomic mass is 16.6. The fourth-order valence-electron chi connectivity index (χ4n) is 3.52. The summed E-state index contributed by atoms with van der Waals surface area (Å²) in [4.78, 5) is 0. The second-order valence-corrected chi connectivity index (χ2v) is 6.58. The average Bonchev–Trinajstić information content (AvgIpc) is 3.23. The van der Waals surface area contributed by atoms with Gasteiger partial charge in [0.2, 0.25) is 0 Å². The van der Waals surface area contributed by atoms with Gasteiger partial charge in [-0.05, 0) is 50.4 Å². The molecule has 0 aromatic rings. The van der Waals surface area contributed by atoms with Gasteiger partial charge in [0, 0.05) is 13.7 Å². The molecule has 3 nitrogen and oxygen atoms in total. The number of ether oxygens (including phenoxy) is 3. The maximum atomic E-state index is 5.77. The van der Waals surface area contributed by atoms with Crippen molar-refractivity contribution in [3.63, 3.8) is 0 Å². The Labute approximate surface area is 123 Å². The fourth-order valence-corrected chi connectivity index (χ4v) is 3.52.